The molecule has 0 saturated heterocycles. The van der Waals surface area contributed by atoms with Gasteiger partial charge in [-0.3, -0.25) is 0 Å². The van der Waals surface area contributed by atoms with Gasteiger partial charge in [0.05, 0.1) is 0 Å². The van der Waals surface area contributed by atoms with Crippen molar-refractivity contribution in [2.24, 2.45) is 5.92 Å². The number of hydrogen-bond acceptors (Lipinski definition) is 0. The van der Waals surface area contributed by atoms with Crippen LogP contribution in [0.4, 0.5) is 0 Å². The van der Waals surface area contributed by atoms with E-state index in [1.165, 1.54) is 17.6 Å². The van der Waals surface area contributed by atoms with Crippen molar-refractivity contribution in [1.82, 2.24) is 0 Å². The van der Waals surface area contributed by atoms with Gasteiger partial charge in [0.2, 0.25) is 0 Å². The van der Waals surface area contributed by atoms with Crippen molar-refractivity contribution in [3.05, 3.63) is 148 Å². The summed E-state index contributed by atoms with van der Waals surface area (Å²) in [5, 5.41) is 0. The van der Waals surface area contributed by atoms with E-state index in [1.54, 1.807) is 0 Å². The van der Waals surface area contributed by atoms with Crippen LogP contribution in [0, 0.1) is 82.6 Å². The minimum atomic E-state index is 0. The summed E-state index contributed by atoms with van der Waals surface area (Å²) in [5.41, 5.74) is 3.76. The van der Waals surface area contributed by atoms with Gasteiger partial charge in [-0.15, -0.1) is 35.9 Å². The normalized spacial score (nSPS) is 20.1. The van der Waals surface area contributed by atoms with Gasteiger partial charge < -0.3 is 6.42 Å². The minimum Gasteiger partial charge on any atom is -0.327 e. The zero-order valence-corrected chi connectivity index (χ0v) is 18.4. The van der Waals surface area contributed by atoms with Crippen LogP contribution in [0.25, 0.3) is 5.57 Å². The first-order chi connectivity index (χ1) is 13.4. The molecule has 2 aromatic rings. The van der Waals surface area contributed by atoms with Gasteiger partial charge in [-0.25, -0.2) is 6.42 Å². The third-order valence-corrected chi connectivity index (χ3v) is 4.09. The maximum absolute atomic E-state index is 3.54. The number of rotatable bonds is 3. The number of allylic oxidation sites excluding steroid dienone is 1. The summed E-state index contributed by atoms with van der Waals surface area (Å²) in [5.74, 6) is 0.595. The summed E-state index contributed by atoms with van der Waals surface area (Å²) in [6, 6.07) is 20.9. The third kappa shape index (κ3) is 9.04. The van der Waals surface area contributed by atoms with Crippen LogP contribution < -0.4 is 0 Å². The molecule has 0 aliphatic heterocycles. The van der Waals surface area contributed by atoms with Crippen molar-refractivity contribution in [3.63, 3.8) is 0 Å². The number of benzene rings is 2. The third-order valence-electron chi connectivity index (χ3n) is 4.09. The summed E-state index contributed by atoms with van der Waals surface area (Å²) in [7, 11) is 0. The fourth-order valence-electron chi connectivity index (χ4n) is 2.62. The Labute approximate surface area is 192 Å². The number of hydrogen-bond donors (Lipinski definition) is 0. The van der Waals surface area contributed by atoms with Gasteiger partial charge in [-0.05, 0) is 64.2 Å². The first-order valence-electron chi connectivity index (χ1n) is 9.34. The quantitative estimate of drug-likeness (QED) is 0.395. The average molecular weight is 440 g/mol. The van der Waals surface area contributed by atoms with E-state index in [0.717, 1.165) is 5.56 Å². The van der Waals surface area contributed by atoms with Crippen molar-refractivity contribution in [3.8, 4) is 0 Å². The van der Waals surface area contributed by atoms with Gasteiger partial charge >= 0.3 is 26.2 Å². The Morgan fingerprint density at radius 2 is 1.04 bits per heavy atom. The van der Waals surface area contributed by atoms with E-state index < -0.39 is 0 Å². The van der Waals surface area contributed by atoms with E-state index in [9.17, 15) is 0 Å². The second kappa shape index (κ2) is 14.1. The fourth-order valence-corrected chi connectivity index (χ4v) is 2.62. The summed E-state index contributed by atoms with van der Waals surface area (Å²) in [6.07, 6.45) is 27.1. The summed E-state index contributed by atoms with van der Waals surface area (Å²) < 4.78 is 0. The van der Waals surface area contributed by atoms with E-state index in [4.69, 9.17) is 0 Å². The van der Waals surface area contributed by atoms with Crippen molar-refractivity contribution < 1.29 is 26.2 Å². The Hall–Kier alpha value is -0.937. The van der Waals surface area contributed by atoms with Crippen molar-refractivity contribution in [2.75, 3.05) is 0 Å². The van der Waals surface area contributed by atoms with E-state index in [-0.39, 0.29) is 26.2 Å². The molecule has 3 aliphatic carbocycles. The van der Waals surface area contributed by atoms with Crippen LogP contribution in [0.2, 0.25) is 0 Å². The molecule has 0 spiro atoms. The van der Waals surface area contributed by atoms with Crippen LogP contribution in [-0.4, -0.2) is 0 Å². The Morgan fingerprint density at radius 3 is 1.43 bits per heavy atom. The zero-order chi connectivity index (χ0) is 18.6. The molecule has 0 N–H and O–H groups in total. The van der Waals surface area contributed by atoms with Crippen molar-refractivity contribution >= 4 is 5.57 Å². The van der Waals surface area contributed by atoms with E-state index in [2.05, 4.69) is 67.1 Å². The molecular formula is C27H24Zr. The van der Waals surface area contributed by atoms with Crippen LogP contribution in [0.1, 0.15) is 17.5 Å². The molecule has 0 aromatic heterocycles. The minimum absolute atomic E-state index is 0. The predicted octanol–water partition coefficient (Wildman–Crippen LogP) is 6.19. The summed E-state index contributed by atoms with van der Waals surface area (Å²) in [6.45, 7) is 0. The predicted molar refractivity (Wildman–Crippen MR) is 114 cm³/mol. The van der Waals surface area contributed by atoms with Gasteiger partial charge in [0.1, 0.15) is 0 Å². The van der Waals surface area contributed by atoms with Crippen molar-refractivity contribution in [1.29, 1.82) is 0 Å². The van der Waals surface area contributed by atoms with Crippen LogP contribution in [0.5, 0.6) is 0 Å². The Balaban J connectivity index is 0.000000209. The monoisotopic (exact) mass is 438 g/mol. The van der Waals surface area contributed by atoms with Gasteiger partial charge in [0.25, 0.3) is 0 Å². The van der Waals surface area contributed by atoms with Gasteiger partial charge in [0.15, 0.2) is 0 Å². The van der Waals surface area contributed by atoms with Crippen LogP contribution in [-0.2, 0) is 26.2 Å². The molecule has 1 heteroatoms. The molecular weight excluding hydrogens is 416 g/mol. The molecule has 28 heavy (non-hydrogen) atoms. The topological polar surface area (TPSA) is 0 Å². The second-order valence-electron chi connectivity index (χ2n) is 6.27. The fraction of sp³-hybridized carbons (Fsp3) is 0.0741. The standard InChI is InChI=1S/C17H14.2C5H5.Zr/c1-3-7-14(8-4-1)13-17(16-11-12-16)15-9-5-2-6-10-15;2*1-2-4-5-3-1;/h1-11,16H,12H2;2*1-5H;/q-2;;;+2. The molecule has 1 atom stereocenters. The van der Waals surface area contributed by atoms with Gasteiger partial charge in [-0.2, -0.15) is 11.5 Å². The van der Waals surface area contributed by atoms with Gasteiger partial charge in [0, 0.05) is 0 Å². The molecule has 3 fully saturated rings. The Morgan fingerprint density at radius 1 is 0.643 bits per heavy atom. The van der Waals surface area contributed by atoms with Crippen molar-refractivity contribution in [2.45, 2.75) is 6.42 Å². The van der Waals surface area contributed by atoms with E-state index >= 15 is 0 Å². The van der Waals surface area contributed by atoms with Crippen LogP contribution in [0.15, 0.2) is 60.7 Å². The molecule has 1 unspecified atom stereocenters. The molecule has 136 valence electrons. The molecule has 0 heterocycles. The summed E-state index contributed by atoms with van der Waals surface area (Å²) >= 11 is 0. The molecule has 10 radical (unpaired) electrons. The van der Waals surface area contributed by atoms with Gasteiger partial charge in [-0.1, -0.05) is 42.0 Å². The summed E-state index contributed by atoms with van der Waals surface area (Å²) in [4.78, 5) is 0. The zero-order valence-electron chi connectivity index (χ0n) is 15.9. The SMILES string of the molecule is [C-](=C(c1ccccc1)C1[CH-]C1)c1ccccc1.[CH]1[CH][CH][CH][CH]1.[CH]1[CH][CH][CH][CH]1.[Zr+2]. The smallest absolute Gasteiger partial charge is 0.327 e. The maximum Gasteiger partial charge on any atom is 2.00 e. The Kier molecular flexibility index (Phi) is 11.8. The average Bonchev–Trinajstić information content (AvgIpc) is 3.20. The first-order valence-corrected chi connectivity index (χ1v) is 9.34. The molecule has 3 aliphatic rings. The first kappa shape index (κ1) is 23.3. The maximum atomic E-state index is 3.54. The second-order valence-corrected chi connectivity index (χ2v) is 6.27. The van der Waals surface area contributed by atoms with E-state index in [0.29, 0.717) is 5.92 Å². The molecule has 3 saturated carbocycles. The molecule has 0 bridgehead atoms. The molecule has 0 nitrogen and oxygen atoms in total. The van der Waals surface area contributed by atoms with Crippen LogP contribution >= 0.6 is 0 Å². The van der Waals surface area contributed by atoms with Crippen LogP contribution in [0.3, 0.4) is 0 Å². The molecule has 0 amide bonds. The molecule has 5 rings (SSSR count). The largest absolute Gasteiger partial charge is 2.00 e. The molecule has 2 aromatic carbocycles. The Bertz CT molecular complexity index is 622. The van der Waals surface area contributed by atoms with E-state index in [1.807, 2.05) is 70.3 Å².